The molecule has 15 heteroatoms. The number of thiol groups is 1. The predicted molar refractivity (Wildman–Crippen MR) is 200 cm³/mol. The average Bonchev–Trinajstić information content (AvgIpc) is 3.79. The van der Waals surface area contributed by atoms with E-state index in [0.29, 0.717) is 24.3 Å². The van der Waals surface area contributed by atoms with Crippen LogP contribution in [0.25, 0.3) is 0 Å². The molecule has 1 aromatic carbocycles. The van der Waals surface area contributed by atoms with Crippen molar-refractivity contribution >= 4 is 47.8 Å². The van der Waals surface area contributed by atoms with Gasteiger partial charge in [-0.15, -0.1) is 0 Å². The average molecular weight is 768 g/mol. The number of epoxide rings is 1. The molecule has 4 bridgehead atoms. The number of fused-ring (bicyclic) bond motifs is 5. The van der Waals surface area contributed by atoms with Crippen molar-refractivity contribution in [3.05, 3.63) is 46.5 Å². The van der Waals surface area contributed by atoms with Crippen LogP contribution in [0.5, 0.6) is 5.75 Å². The molecule has 3 aliphatic heterocycles. The maximum absolute atomic E-state index is 14.1. The molecule has 0 aliphatic carbocycles. The van der Waals surface area contributed by atoms with Crippen molar-refractivity contribution in [2.45, 2.75) is 120 Å². The van der Waals surface area contributed by atoms with E-state index in [1.54, 1.807) is 46.2 Å². The molecule has 0 radical (unpaired) electrons. The number of amides is 3. The lowest BCUT2D eigenvalue weighted by Crippen LogP contribution is -2.63. The summed E-state index contributed by atoms with van der Waals surface area (Å²) < 4.78 is 29.4. The lowest BCUT2D eigenvalue weighted by atomic mass is 9.83. The molecule has 3 heterocycles. The fraction of sp³-hybridized carbons (Fsp3) is 0.649. The van der Waals surface area contributed by atoms with Crippen molar-refractivity contribution in [3.8, 4) is 5.75 Å². The largest absolute Gasteiger partial charge is 0.495 e. The number of carbonyl (C=O) groups is 3. The van der Waals surface area contributed by atoms with Gasteiger partial charge in [-0.25, -0.2) is 4.79 Å². The molecule has 2 fully saturated rings. The zero-order chi connectivity index (χ0) is 38.7. The Morgan fingerprint density at radius 2 is 1.96 bits per heavy atom. The summed E-state index contributed by atoms with van der Waals surface area (Å²) in [6, 6.07) is 2.83. The summed E-state index contributed by atoms with van der Waals surface area (Å²) in [5.74, 6) is -0.688. The highest BCUT2D eigenvalue weighted by molar-refractivity contribution is 7.80. The van der Waals surface area contributed by atoms with Crippen LogP contribution >= 0.6 is 24.2 Å². The standard InChI is InChI=1S/C37H54ClN3O10S/c1-20-11-10-12-28(48-9)37(46)19-27(49-35(45)39-37)22(3)33-36(5,51-33)29(50-34(44)23(4)40(6)30(42)14-13-21(2)52)18-31(43)41(7)25-16-24(15-20)17-26(47-8)32(25)38/h10-12,16-17,21-23,27-29,33-34,44,46,52H,13-15,18-19H2,1-9H3,(H,39,45)/b12-10+,20-11+. The molecule has 3 amide bonds. The third-order valence-electron chi connectivity index (χ3n) is 10.4. The summed E-state index contributed by atoms with van der Waals surface area (Å²) >= 11 is 11.1. The first kappa shape index (κ1) is 41.9. The smallest absolute Gasteiger partial charge is 0.409 e. The van der Waals surface area contributed by atoms with Crippen LogP contribution in [0.3, 0.4) is 0 Å². The number of nitrogens with one attached hydrogen (secondary N) is 1. The lowest BCUT2D eigenvalue weighted by Gasteiger charge is -2.42. The van der Waals surface area contributed by atoms with Crippen LogP contribution in [0, 0.1) is 5.92 Å². The van der Waals surface area contributed by atoms with E-state index in [4.69, 9.17) is 35.3 Å². The van der Waals surface area contributed by atoms with Gasteiger partial charge in [0.1, 0.15) is 34.7 Å². The van der Waals surface area contributed by atoms with E-state index < -0.39 is 60.1 Å². The monoisotopic (exact) mass is 767 g/mol. The van der Waals surface area contributed by atoms with Gasteiger partial charge in [-0.1, -0.05) is 49.2 Å². The lowest BCUT2D eigenvalue weighted by molar-refractivity contribution is -0.186. The molecule has 0 aromatic heterocycles. The molecule has 3 N–H and O–H groups in total. The number of ether oxygens (including phenoxy) is 5. The number of hydrogen-bond acceptors (Lipinski definition) is 11. The Labute approximate surface area is 317 Å². The Kier molecular flexibility index (Phi) is 13.8. The number of methoxy groups -OCH3 is 2. The predicted octanol–water partition coefficient (Wildman–Crippen LogP) is 4.40. The summed E-state index contributed by atoms with van der Waals surface area (Å²) in [5, 5.41) is 25.9. The second-order valence-electron chi connectivity index (χ2n) is 14.4. The zero-order valence-corrected chi connectivity index (χ0v) is 33.1. The van der Waals surface area contributed by atoms with Gasteiger partial charge < -0.3 is 43.7 Å². The number of aliphatic hydroxyl groups excluding tert-OH is 1. The van der Waals surface area contributed by atoms with Gasteiger partial charge in [-0.3, -0.25) is 14.9 Å². The van der Waals surface area contributed by atoms with Crippen LogP contribution in [0.15, 0.2) is 35.9 Å². The molecule has 0 spiro atoms. The van der Waals surface area contributed by atoms with Crippen molar-refractivity contribution in [1.29, 1.82) is 0 Å². The van der Waals surface area contributed by atoms with E-state index in [1.807, 2.05) is 32.9 Å². The van der Waals surface area contributed by atoms with E-state index >= 15 is 0 Å². The highest BCUT2D eigenvalue weighted by Gasteiger charge is 2.64. The number of halogens is 1. The van der Waals surface area contributed by atoms with E-state index in [9.17, 15) is 24.6 Å². The fourth-order valence-corrected chi connectivity index (χ4v) is 7.28. The number of anilines is 1. The highest BCUT2D eigenvalue weighted by Crippen LogP contribution is 2.49. The van der Waals surface area contributed by atoms with Crippen LogP contribution in [-0.4, -0.2) is 115 Å². The molecule has 13 nitrogen and oxygen atoms in total. The number of allylic oxidation sites excluding steroid dienone is 3. The van der Waals surface area contributed by atoms with Crippen molar-refractivity contribution in [2.75, 3.05) is 33.2 Å². The highest BCUT2D eigenvalue weighted by atomic mass is 35.5. The SMILES string of the molecule is COc1cc2cc(c1Cl)N(C)C(=O)CC(OC(O)C(C)N(C)C(=O)CCC(C)S)C1(C)OC1C(C)C1CC(O)(NC(=O)O1)C(OC)/C=C/C=C(\C)C2. The third kappa shape index (κ3) is 9.44. The summed E-state index contributed by atoms with van der Waals surface area (Å²) in [7, 11) is 6.12. The second kappa shape index (κ2) is 17.1. The van der Waals surface area contributed by atoms with Crippen molar-refractivity contribution in [3.63, 3.8) is 0 Å². The molecule has 10 atom stereocenters. The Bertz CT molecular complexity index is 1540. The Balaban J connectivity index is 1.75. The van der Waals surface area contributed by atoms with E-state index in [2.05, 4.69) is 17.9 Å². The zero-order valence-electron chi connectivity index (χ0n) is 31.4. The summed E-state index contributed by atoms with van der Waals surface area (Å²) in [6.45, 7) is 9.07. The second-order valence-corrected chi connectivity index (χ2v) is 15.7. The number of hydrogen-bond donors (Lipinski definition) is 4. The third-order valence-corrected chi connectivity index (χ3v) is 11.1. The number of likely N-dealkylation sites (N-methyl/N-ethyl adjacent to an activating group) is 1. The molecule has 10 unspecified atom stereocenters. The van der Waals surface area contributed by atoms with Gasteiger partial charge >= 0.3 is 6.09 Å². The number of nitrogens with zero attached hydrogens (tertiary/aromatic N) is 2. The molecule has 2 saturated heterocycles. The first-order chi connectivity index (χ1) is 24.3. The van der Waals surface area contributed by atoms with Gasteiger partial charge in [0.2, 0.25) is 11.8 Å². The number of aliphatic hydroxyl groups is 2. The topological polar surface area (TPSA) is 160 Å². The number of alkyl carbamates (subject to hydrolysis) is 1. The molecule has 0 saturated carbocycles. The summed E-state index contributed by atoms with van der Waals surface area (Å²) in [4.78, 5) is 42.7. The molecular formula is C37H54ClN3O10S. The molecule has 52 heavy (non-hydrogen) atoms. The fourth-order valence-electron chi connectivity index (χ4n) is 6.84. The van der Waals surface area contributed by atoms with Crippen LogP contribution in [0.1, 0.15) is 65.9 Å². The first-order valence-corrected chi connectivity index (χ1v) is 18.4. The van der Waals surface area contributed by atoms with Gasteiger partial charge in [0, 0.05) is 40.0 Å². The summed E-state index contributed by atoms with van der Waals surface area (Å²) in [6.07, 6.45) is 0.566. The van der Waals surface area contributed by atoms with Crippen LogP contribution < -0.4 is 15.0 Å². The Morgan fingerprint density at radius 1 is 1.27 bits per heavy atom. The van der Waals surface area contributed by atoms with Crippen molar-refractivity contribution < 1.29 is 48.3 Å². The maximum atomic E-state index is 14.1. The van der Waals surface area contributed by atoms with Gasteiger partial charge in [0.05, 0.1) is 31.4 Å². The molecular weight excluding hydrogens is 714 g/mol. The van der Waals surface area contributed by atoms with Gasteiger partial charge in [-0.2, -0.15) is 12.6 Å². The Morgan fingerprint density at radius 3 is 2.60 bits per heavy atom. The Hall–Kier alpha value is -2.85. The number of carbonyl (C=O) groups excluding carboxylic acids is 3. The number of rotatable bonds is 9. The van der Waals surface area contributed by atoms with Gasteiger partial charge in [-0.05, 0) is 56.6 Å². The molecule has 4 rings (SSSR count). The van der Waals surface area contributed by atoms with Crippen molar-refractivity contribution in [2.24, 2.45) is 5.92 Å². The minimum atomic E-state index is -1.81. The molecule has 1 aromatic rings. The quantitative estimate of drug-likeness (QED) is 0.161. The first-order valence-electron chi connectivity index (χ1n) is 17.5. The van der Waals surface area contributed by atoms with Crippen LogP contribution in [0.2, 0.25) is 5.02 Å². The van der Waals surface area contributed by atoms with Crippen LogP contribution in [-0.2, 0) is 35.0 Å². The summed E-state index contributed by atoms with van der Waals surface area (Å²) in [5.41, 5.74) is -0.784. The molecule has 290 valence electrons. The maximum Gasteiger partial charge on any atom is 0.409 e. The molecule has 3 aliphatic rings. The minimum absolute atomic E-state index is 0.0288. The van der Waals surface area contributed by atoms with Gasteiger partial charge in [0.15, 0.2) is 12.0 Å². The van der Waals surface area contributed by atoms with E-state index in [-0.39, 0.29) is 41.3 Å². The normalized spacial score (nSPS) is 33.0. The minimum Gasteiger partial charge on any atom is -0.495 e. The van der Waals surface area contributed by atoms with Crippen molar-refractivity contribution in [1.82, 2.24) is 10.2 Å². The van der Waals surface area contributed by atoms with E-state index in [0.717, 1.165) is 11.1 Å². The van der Waals surface area contributed by atoms with E-state index in [1.165, 1.54) is 24.0 Å². The van der Waals surface area contributed by atoms with Gasteiger partial charge in [0.25, 0.3) is 0 Å². The number of benzene rings is 1. The van der Waals surface area contributed by atoms with Crippen LogP contribution in [0.4, 0.5) is 10.5 Å².